The number of sulfonamides is 1. The van der Waals surface area contributed by atoms with E-state index < -0.39 is 27.5 Å². The van der Waals surface area contributed by atoms with Crippen molar-refractivity contribution in [3.05, 3.63) is 28.2 Å². The lowest BCUT2D eigenvalue weighted by Crippen LogP contribution is -2.55. The first-order valence-electron chi connectivity index (χ1n) is 6.84. The Morgan fingerprint density at radius 3 is 2.13 bits per heavy atom. The van der Waals surface area contributed by atoms with E-state index in [2.05, 4.69) is 10.6 Å². The van der Waals surface area contributed by atoms with E-state index in [4.69, 9.17) is 23.2 Å². The van der Waals surface area contributed by atoms with Crippen molar-refractivity contribution in [2.75, 3.05) is 13.1 Å². The summed E-state index contributed by atoms with van der Waals surface area (Å²) in [4.78, 5) is 23.1. The van der Waals surface area contributed by atoms with Crippen molar-refractivity contribution >= 4 is 45.2 Å². The van der Waals surface area contributed by atoms with E-state index in [-0.39, 0.29) is 40.9 Å². The number of hydrogen-bond acceptors (Lipinski definition) is 4. The van der Waals surface area contributed by atoms with Gasteiger partial charge in [0.05, 0.1) is 10.0 Å². The average Bonchev–Trinajstić information content (AvgIpc) is 2.73. The Morgan fingerprint density at radius 1 is 1.09 bits per heavy atom. The normalized spacial score (nSPS) is 21.3. The minimum atomic E-state index is -3.88. The molecule has 3 rings (SSSR count). The zero-order chi connectivity index (χ0) is 16.8. The standard InChI is InChI=1S/C13H13Cl2N3O4S/c14-8-2-1-3-9(15)10(8)23(21,22)18-6-4-13(5-7-18)11(19)16-12(20)17-13/h1-3H,4-7H2,(H2,16,17,19,20). The predicted molar refractivity (Wildman–Crippen MR) is 83.9 cm³/mol. The highest BCUT2D eigenvalue weighted by molar-refractivity contribution is 7.89. The quantitative estimate of drug-likeness (QED) is 0.760. The van der Waals surface area contributed by atoms with Crippen LogP contribution in [0.1, 0.15) is 12.8 Å². The molecule has 2 N–H and O–H groups in total. The van der Waals surface area contributed by atoms with E-state index in [9.17, 15) is 18.0 Å². The van der Waals surface area contributed by atoms with Crippen LogP contribution in [0.2, 0.25) is 10.0 Å². The van der Waals surface area contributed by atoms with Gasteiger partial charge in [0.2, 0.25) is 10.0 Å². The largest absolute Gasteiger partial charge is 0.323 e. The van der Waals surface area contributed by atoms with Gasteiger partial charge in [-0.3, -0.25) is 10.1 Å². The van der Waals surface area contributed by atoms with Gasteiger partial charge in [0, 0.05) is 13.1 Å². The summed E-state index contributed by atoms with van der Waals surface area (Å²) in [6, 6.07) is 3.92. The highest BCUT2D eigenvalue weighted by Gasteiger charge is 2.49. The average molecular weight is 378 g/mol. The molecule has 2 aliphatic heterocycles. The van der Waals surface area contributed by atoms with E-state index in [0.29, 0.717) is 0 Å². The van der Waals surface area contributed by atoms with Crippen molar-refractivity contribution in [2.24, 2.45) is 0 Å². The third-order valence-electron chi connectivity index (χ3n) is 4.11. The van der Waals surface area contributed by atoms with Gasteiger partial charge in [-0.1, -0.05) is 29.3 Å². The predicted octanol–water partition coefficient (Wildman–Crippen LogP) is 1.36. The van der Waals surface area contributed by atoms with Crippen LogP contribution in [0.3, 0.4) is 0 Å². The second kappa shape index (κ2) is 5.62. The highest BCUT2D eigenvalue weighted by atomic mass is 35.5. The number of piperidine rings is 1. The molecule has 3 amide bonds. The molecule has 10 heteroatoms. The number of carbonyl (C=O) groups is 2. The fraction of sp³-hybridized carbons (Fsp3) is 0.385. The fourth-order valence-corrected chi connectivity index (χ4v) is 5.38. The van der Waals surface area contributed by atoms with Gasteiger partial charge in [-0.05, 0) is 25.0 Å². The molecule has 2 fully saturated rings. The summed E-state index contributed by atoms with van der Waals surface area (Å²) in [6.07, 6.45) is 0.373. The molecular weight excluding hydrogens is 365 g/mol. The number of amides is 3. The van der Waals surface area contributed by atoms with Crippen LogP contribution >= 0.6 is 23.2 Å². The Hall–Kier alpha value is -1.35. The van der Waals surface area contributed by atoms with Crippen molar-refractivity contribution in [1.82, 2.24) is 14.9 Å². The number of urea groups is 1. The Labute approximate surface area is 143 Å². The van der Waals surface area contributed by atoms with Gasteiger partial charge in [-0.2, -0.15) is 4.31 Å². The van der Waals surface area contributed by atoms with Gasteiger partial charge in [0.15, 0.2) is 0 Å². The van der Waals surface area contributed by atoms with E-state index in [0.717, 1.165) is 0 Å². The van der Waals surface area contributed by atoms with Crippen LogP contribution in [0, 0.1) is 0 Å². The number of carbonyl (C=O) groups excluding carboxylic acids is 2. The number of rotatable bonds is 2. The summed E-state index contributed by atoms with van der Waals surface area (Å²) in [7, 11) is -3.88. The fourth-order valence-electron chi connectivity index (χ4n) is 2.85. The molecular formula is C13H13Cl2N3O4S. The topological polar surface area (TPSA) is 95.6 Å². The molecule has 23 heavy (non-hydrogen) atoms. The smallest absolute Gasteiger partial charge is 0.322 e. The van der Waals surface area contributed by atoms with Crippen molar-refractivity contribution in [3.8, 4) is 0 Å². The van der Waals surface area contributed by atoms with Crippen LogP contribution in [0.4, 0.5) is 4.79 Å². The summed E-state index contributed by atoms with van der Waals surface area (Å²) in [5, 5.41) is 4.85. The first-order chi connectivity index (χ1) is 10.8. The summed E-state index contributed by atoms with van der Waals surface area (Å²) < 4.78 is 26.7. The van der Waals surface area contributed by atoms with Crippen LogP contribution in [0.15, 0.2) is 23.1 Å². The molecule has 0 radical (unpaired) electrons. The zero-order valence-electron chi connectivity index (χ0n) is 11.8. The lowest BCUT2D eigenvalue weighted by atomic mass is 9.89. The summed E-state index contributed by atoms with van der Waals surface area (Å²) in [5.41, 5.74) is -1.03. The Kier molecular flexibility index (Phi) is 4.04. The molecule has 1 spiro atoms. The molecule has 124 valence electrons. The molecule has 1 aromatic rings. The molecule has 0 bridgehead atoms. The van der Waals surface area contributed by atoms with E-state index in [1.807, 2.05) is 0 Å². The monoisotopic (exact) mass is 377 g/mol. The maximum absolute atomic E-state index is 12.7. The van der Waals surface area contributed by atoms with Crippen LogP contribution < -0.4 is 10.6 Å². The van der Waals surface area contributed by atoms with Gasteiger partial charge in [0.1, 0.15) is 10.4 Å². The number of nitrogens with one attached hydrogen (secondary N) is 2. The minimum Gasteiger partial charge on any atom is -0.323 e. The van der Waals surface area contributed by atoms with Gasteiger partial charge >= 0.3 is 6.03 Å². The first kappa shape index (κ1) is 16.5. The van der Waals surface area contributed by atoms with Crippen LogP contribution in [0.25, 0.3) is 0 Å². The molecule has 2 aliphatic rings. The molecule has 1 aromatic carbocycles. The maximum Gasteiger partial charge on any atom is 0.322 e. The molecule has 7 nitrogen and oxygen atoms in total. The third-order valence-corrected chi connectivity index (χ3v) is 6.96. The van der Waals surface area contributed by atoms with Crippen LogP contribution in [-0.4, -0.2) is 43.3 Å². The van der Waals surface area contributed by atoms with Crippen molar-refractivity contribution in [3.63, 3.8) is 0 Å². The van der Waals surface area contributed by atoms with Crippen molar-refractivity contribution < 1.29 is 18.0 Å². The number of halogens is 2. The van der Waals surface area contributed by atoms with Gasteiger partial charge < -0.3 is 5.32 Å². The third kappa shape index (κ3) is 2.69. The van der Waals surface area contributed by atoms with Crippen LogP contribution in [-0.2, 0) is 14.8 Å². The molecule has 2 saturated heterocycles. The van der Waals surface area contributed by atoms with Gasteiger partial charge in [0.25, 0.3) is 5.91 Å². The van der Waals surface area contributed by atoms with E-state index in [1.54, 1.807) is 6.07 Å². The zero-order valence-corrected chi connectivity index (χ0v) is 14.1. The summed E-state index contributed by atoms with van der Waals surface area (Å²) in [6.45, 7) is 0.162. The Bertz CT molecular complexity index is 768. The number of nitrogens with zero attached hydrogens (tertiary/aromatic N) is 1. The van der Waals surface area contributed by atoms with Gasteiger partial charge in [-0.25, -0.2) is 13.2 Å². The number of hydrogen-bond donors (Lipinski definition) is 2. The van der Waals surface area contributed by atoms with E-state index in [1.165, 1.54) is 16.4 Å². The molecule has 0 aromatic heterocycles. The second-order valence-electron chi connectivity index (χ2n) is 5.45. The molecule has 2 heterocycles. The first-order valence-corrected chi connectivity index (χ1v) is 9.04. The molecule has 0 saturated carbocycles. The molecule has 0 atom stereocenters. The van der Waals surface area contributed by atoms with Crippen molar-refractivity contribution in [1.29, 1.82) is 0 Å². The maximum atomic E-state index is 12.7. The number of benzene rings is 1. The lowest BCUT2D eigenvalue weighted by molar-refractivity contribution is -0.125. The minimum absolute atomic E-state index is 0.0460. The Morgan fingerprint density at radius 2 is 1.65 bits per heavy atom. The molecule has 0 aliphatic carbocycles. The summed E-state index contributed by atoms with van der Waals surface area (Å²) in [5.74, 6) is -0.421. The Balaban J connectivity index is 1.85. The van der Waals surface area contributed by atoms with Gasteiger partial charge in [-0.15, -0.1) is 0 Å². The van der Waals surface area contributed by atoms with Crippen molar-refractivity contribution in [2.45, 2.75) is 23.3 Å². The highest BCUT2D eigenvalue weighted by Crippen LogP contribution is 2.34. The second-order valence-corrected chi connectivity index (χ2v) is 8.13. The number of imide groups is 1. The van der Waals surface area contributed by atoms with E-state index >= 15 is 0 Å². The summed E-state index contributed by atoms with van der Waals surface area (Å²) >= 11 is 12.0. The lowest BCUT2D eigenvalue weighted by Gasteiger charge is -2.36. The SMILES string of the molecule is O=C1NC(=O)C2(CCN(S(=O)(=O)c3c(Cl)cccc3Cl)CC2)N1. The van der Waals surface area contributed by atoms with Crippen LogP contribution in [0.5, 0.6) is 0 Å². The molecule has 0 unspecified atom stereocenters.